The minimum absolute atomic E-state index is 0.0733. The van der Waals surface area contributed by atoms with Gasteiger partial charge in [-0.25, -0.2) is 15.0 Å². The number of pyridine rings is 2. The molecule has 1 fully saturated rings. The summed E-state index contributed by atoms with van der Waals surface area (Å²) in [5.41, 5.74) is 2.49. The number of fused-ring (bicyclic) bond motifs is 1. The van der Waals surface area contributed by atoms with Gasteiger partial charge in [0.15, 0.2) is 5.52 Å². The van der Waals surface area contributed by atoms with Crippen LogP contribution in [-0.4, -0.2) is 26.6 Å². The van der Waals surface area contributed by atoms with Crippen molar-refractivity contribution in [2.24, 2.45) is 0 Å². The molecule has 6 nitrogen and oxygen atoms in total. The third-order valence-electron chi connectivity index (χ3n) is 3.81. The van der Waals surface area contributed by atoms with Crippen LogP contribution in [0.25, 0.3) is 22.3 Å². The van der Waals surface area contributed by atoms with Crippen LogP contribution in [-0.2, 0) is 0 Å². The van der Waals surface area contributed by atoms with E-state index in [0.29, 0.717) is 22.6 Å². The van der Waals surface area contributed by atoms with Gasteiger partial charge < -0.3 is 4.74 Å². The van der Waals surface area contributed by atoms with E-state index in [4.69, 9.17) is 4.74 Å². The van der Waals surface area contributed by atoms with E-state index in [9.17, 15) is 4.79 Å². The molecule has 6 heteroatoms. The summed E-state index contributed by atoms with van der Waals surface area (Å²) in [6, 6.07) is 7.60. The minimum atomic E-state index is -0.0733. The Labute approximate surface area is 126 Å². The van der Waals surface area contributed by atoms with E-state index in [-0.39, 0.29) is 11.6 Å². The fraction of sp³-hybridized carbons (Fsp3) is 0.250. The van der Waals surface area contributed by atoms with Crippen LogP contribution in [0.4, 0.5) is 0 Å². The molecule has 22 heavy (non-hydrogen) atoms. The van der Waals surface area contributed by atoms with Crippen LogP contribution < -0.4 is 10.3 Å². The summed E-state index contributed by atoms with van der Waals surface area (Å²) in [5.74, 6) is 0.544. The van der Waals surface area contributed by atoms with Crippen molar-refractivity contribution in [2.75, 3.05) is 7.11 Å². The Bertz CT molecular complexity index is 898. The van der Waals surface area contributed by atoms with Gasteiger partial charge in [-0.1, -0.05) is 0 Å². The minimum Gasteiger partial charge on any atom is -0.481 e. The van der Waals surface area contributed by atoms with Crippen LogP contribution in [0.1, 0.15) is 18.9 Å². The number of rotatable bonds is 3. The molecule has 0 amide bonds. The predicted octanol–water partition coefficient (Wildman–Crippen LogP) is 2.20. The monoisotopic (exact) mass is 294 g/mol. The standard InChI is InChI=1S/C16H14N4O2/c1-22-14-7-2-10(8-17-14)12-5-6-13-15(19-12)16(21)20(9-18-13)11-3-4-11/h2,5-9,11H,3-4H2,1H3. The zero-order valence-corrected chi connectivity index (χ0v) is 12.1. The summed E-state index contributed by atoms with van der Waals surface area (Å²) in [7, 11) is 1.57. The van der Waals surface area contributed by atoms with Gasteiger partial charge in [0.2, 0.25) is 5.88 Å². The van der Waals surface area contributed by atoms with Gasteiger partial charge >= 0.3 is 0 Å². The van der Waals surface area contributed by atoms with Gasteiger partial charge in [-0.3, -0.25) is 9.36 Å². The molecular weight excluding hydrogens is 280 g/mol. The van der Waals surface area contributed by atoms with Gasteiger partial charge in [0.05, 0.1) is 24.6 Å². The fourth-order valence-corrected chi connectivity index (χ4v) is 2.44. The van der Waals surface area contributed by atoms with Gasteiger partial charge in [-0.2, -0.15) is 0 Å². The molecule has 0 radical (unpaired) electrons. The third-order valence-corrected chi connectivity index (χ3v) is 3.81. The van der Waals surface area contributed by atoms with Crippen molar-refractivity contribution >= 4 is 11.0 Å². The van der Waals surface area contributed by atoms with E-state index >= 15 is 0 Å². The van der Waals surface area contributed by atoms with Gasteiger partial charge in [-0.05, 0) is 31.0 Å². The molecule has 0 bridgehead atoms. The molecule has 4 rings (SSSR count). The van der Waals surface area contributed by atoms with Crippen LogP contribution in [0, 0.1) is 0 Å². The Morgan fingerprint density at radius 1 is 1.18 bits per heavy atom. The Kier molecular flexibility index (Phi) is 2.89. The number of aromatic nitrogens is 4. The molecule has 3 aromatic rings. The van der Waals surface area contributed by atoms with E-state index < -0.39 is 0 Å². The molecule has 1 aliphatic rings. The first-order valence-corrected chi connectivity index (χ1v) is 7.14. The molecule has 0 N–H and O–H groups in total. The normalized spacial score (nSPS) is 14.2. The first-order valence-electron chi connectivity index (χ1n) is 7.14. The van der Waals surface area contributed by atoms with E-state index in [1.165, 1.54) is 0 Å². The summed E-state index contributed by atoms with van der Waals surface area (Å²) >= 11 is 0. The van der Waals surface area contributed by atoms with Crippen LogP contribution >= 0.6 is 0 Å². The molecule has 0 saturated heterocycles. The molecule has 3 heterocycles. The number of hydrogen-bond donors (Lipinski definition) is 0. The predicted molar refractivity (Wildman–Crippen MR) is 81.9 cm³/mol. The lowest BCUT2D eigenvalue weighted by Gasteiger charge is -2.06. The Hall–Kier alpha value is -2.76. The Morgan fingerprint density at radius 2 is 2.05 bits per heavy atom. The maximum absolute atomic E-state index is 12.5. The van der Waals surface area contributed by atoms with Crippen molar-refractivity contribution in [1.82, 2.24) is 19.5 Å². The van der Waals surface area contributed by atoms with Crippen molar-refractivity contribution in [3.8, 4) is 17.1 Å². The second-order valence-electron chi connectivity index (χ2n) is 5.34. The molecular formula is C16H14N4O2. The van der Waals surface area contributed by atoms with Gasteiger partial charge in [0.25, 0.3) is 5.56 Å². The lowest BCUT2D eigenvalue weighted by Crippen LogP contribution is -2.20. The SMILES string of the molecule is COc1ccc(-c2ccc3ncn(C4CC4)c(=O)c3n2)cn1. The van der Waals surface area contributed by atoms with Crippen molar-refractivity contribution in [3.05, 3.63) is 47.1 Å². The molecule has 0 spiro atoms. The van der Waals surface area contributed by atoms with Crippen LogP contribution in [0.3, 0.4) is 0 Å². The van der Waals surface area contributed by atoms with Crippen LogP contribution in [0.2, 0.25) is 0 Å². The summed E-state index contributed by atoms with van der Waals surface area (Å²) in [6.07, 6.45) is 5.38. The number of hydrogen-bond acceptors (Lipinski definition) is 5. The van der Waals surface area contributed by atoms with Crippen LogP contribution in [0.15, 0.2) is 41.6 Å². The van der Waals surface area contributed by atoms with E-state index in [2.05, 4.69) is 15.0 Å². The van der Waals surface area contributed by atoms with Crippen molar-refractivity contribution in [2.45, 2.75) is 18.9 Å². The highest BCUT2D eigenvalue weighted by atomic mass is 16.5. The van der Waals surface area contributed by atoms with Gasteiger partial charge in [0, 0.05) is 23.9 Å². The number of ether oxygens (including phenoxy) is 1. The molecule has 0 aliphatic heterocycles. The first-order chi connectivity index (χ1) is 10.8. The maximum Gasteiger partial charge on any atom is 0.280 e. The lowest BCUT2D eigenvalue weighted by molar-refractivity contribution is 0.398. The van der Waals surface area contributed by atoms with E-state index in [1.54, 1.807) is 30.3 Å². The zero-order chi connectivity index (χ0) is 15.1. The Morgan fingerprint density at radius 3 is 2.73 bits per heavy atom. The van der Waals surface area contributed by atoms with Crippen molar-refractivity contribution in [1.29, 1.82) is 0 Å². The average molecular weight is 294 g/mol. The second kappa shape index (κ2) is 4.91. The number of methoxy groups -OCH3 is 1. The first kappa shape index (κ1) is 12.9. The summed E-state index contributed by atoms with van der Waals surface area (Å²) in [4.78, 5) is 25.5. The smallest absolute Gasteiger partial charge is 0.280 e. The fourth-order valence-electron chi connectivity index (χ4n) is 2.44. The largest absolute Gasteiger partial charge is 0.481 e. The highest BCUT2D eigenvalue weighted by molar-refractivity contribution is 5.76. The highest BCUT2D eigenvalue weighted by Gasteiger charge is 2.25. The summed E-state index contributed by atoms with van der Waals surface area (Å²) < 4.78 is 6.73. The van der Waals surface area contributed by atoms with Crippen molar-refractivity contribution in [3.63, 3.8) is 0 Å². The summed E-state index contributed by atoms with van der Waals surface area (Å²) in [6.45, 7) is 0. The molecule has 0 atom stereocenters. The summed E-state index contributed by atoms with van der Waals surface area (Å²) in [5, 5.41) is 0. The van der Waals surface area contributed by atoms with Gasteiger partial charge in [0.1, 0.15) is 0 Å². The average Bonchev–Trinajstić information content (AvgIpc) is 3.40. The molecule has 1 saturated carbocycles. The third kappa shape index (κ3) is 2.13. The van der Waals surface area contributed by atoms with E-state index in [1.807, 2.05) is 18.2 Å². The molecule has 3 aromatic heterocycles. The molecule has 1 aliphatic carbocycles. The quantitative estimate of drug-likeness (QED) is 0.740. The zero-order valence-electron chi connectivity index (χ0n) is 12.1. The van der Waals surface area contributed by atoms with Crippen LogP contribution in [0.5, 0.6) is 5.88 Å². The van der Waals surface area contributed by atoms with E-state index in [0.717, 1.165) is 18.4 Å². The molecule has 110 valence electrons. The second-order valence-corrected chi connectivity index (χ2v) is 5.34. The maximum atomic E-state index is 12.5. The highest BCUT2D eigenvalue weighted by Crippen LogP contribution is 2.33. The topological polar surface area (TPSA) is 69.9 Å². The molecule has 0 aromatic carbocycles. The van der Waals surface area contributed by atoms with Crippen molar-refractivity contribution < 1.29 is 4.74 Å². The van der Waals surface area contributed by atoms with Gasteiger partial charge in [-0.15, -0.1) is 0 Å². The number of nitrogens with zero attached hydrogens (tertiary/aromatic N) is 4. The molecule has 0 unspecified atom stereocenters. The Balaban J connectivity index is 1.84. The lowest BCUT2D eigenvalue weighted by atomic mass is 10.2.